The fraction of sp³-hybridized carbons (Fsp3) is 0.857. The van der Waals surface area contributed by atoms with Crippen molar-refractivity contribution in [3.63, 3.8) is 0 Å². The normalized spacial score (nSPS) is 11.3. The summed E-state index contributed by atoms with van der Waals surface area (Å²) in [5.74, 6) is 0. The van der Waals surface area contributed by atoms with Crippen molar-refractivity contribution in [1.29, 1.82) is 0 Å². The number of aliphatic hydroxyl groups excluding tert-OH is 1. The molecule has 0 aliphatic carbocycles. The summed E-state index contributed by atoms with van der Waals surface area (Å²) in [4.78, 5) is 0. The van der Waals surface area contributed by atoms with Crippen LogP contribution in [0.3, 0.4) is 0 Å². The number of rotatable bonds is 11. The van der Waals surface area contributed by atoms with Gasteiger partial charge in [-0.3, -0.25) is 0 Å². The monoisotopic (exact) mass is 212 g/mol. The first-order chi connectivity index (χ1) is 7.41. The van der Waals surface area contributed by atoms with E-state index in [0.717, 1.165) is 19.3 Å². The van der Waals surface area contributed by atoms with Crippen LogP contribution in [0.4, 0.5) is 0 Å². The molecule has 90 valence electrons. The van der Waals surface area contributed by atoms with Crippen molar-refractivity contribution in [2.24, 2.45) is 0 Å². The fourth-order valence-electron chi connectivity index (χ4n) is 1.65. The van der Waals surface area contributed by atoms with E-state index in [-0.39, 0.29) is 0 Å². The largest absolute Gasteiger partial charge is 0.396 e. The molecule has 0 atom stereocenters. The van der Waals surface area contributed by atoms with E-state index >= 15 is 0 Å². The summed E-state index contributed by atoms with van der Waals surface area (Å²) < 4.78 is 0. The maximum atomic E-state index is 8.59. The third kappa shape index (κ3) is 13.7. The molecule has 0 saturated carbocycles. The van der Waals surface area contributed by atoms with Gasteiger partial charge in [-0.05, 0) is 32.1 Å². The van der Waals surface area contributed by atoms with E-state index in [9.17, 15) is 0 Å². The minimum atomic E-state index is 0.339. The highest BCUT2D eigenvalue weighted by molar-refractivity contribution is 4.81. The van der Waals surface area contributed by atoms with Gasteiger partial charge in [0.05, 0.1) is 0 Å². The van der Waals surface area contributed by atoms with Gasteiger partial charge in [-0.1, -0.05) is 51.2 Å². The molecule has 1 heteroatoms. The number of aliphatic hydroxyl groups is 1. The van der Waals surface area contributed by atoms with Crippen LogP contribution in [-0.2, 0) is 0 Å². The van der Waals surface area contributed by atoms with E-state index in [1.165, 1.54) is 44.9 Å². The molecule has 15 heavy (non-hydrogen) atoms. The standard InChI is InChI=1S/C14H28O/c1-2-3-4-5-6-7-8-9-10-11-12-13-14-15/h9-10,15H,2-8,11-14H2,1H3/b10-9-. The van der Waals surface area contributed by atoms with Crippen LogP contribution in [-0.4, -0.2) is 11.7 Å². The number of unbranched alkanes of at least 4 members (excludes halogenated alkanes) is 8. The SMILES string of the molecule is CCCCCCCC/C=C\CCCCO. The Bertz CT molecular complexity index is 129. The first-order valence-electron chi connectivity index (χ1n) is 6.67. The first-order valence-corrected chi connectivity index (χ1v) is 6.67. The molecule has 0 radical (unpaired) electrons. The van der Waals surface area contributed by atoms with Gasteiger partial charge in [-0.2, -0.15) is 0 Å². The van der Waals surface area contributed by atoms with Crippen LogP contribution in [0.1, 0.15) is 71.1 Å². The van der Waals surface area contributed by atoms with Crippen molar-refractivity contribution >= 4 is 0 Å². The van der Waals surface area contributed by atoms with E-state index in [0.29, 0.717) is 6.61 Å². The molecule has 0 bridgehead atoms. The van der Waals surface area contributed by atoms with Crippen LogP contribution in [0.15, 0.2) is 12.2 Å². The Hall–Kier alpha value is -0.300. The second-order valence-corrected chi connectivity index (χ2v) is 4.25. The van der Waals surface area contributed by atoms with Crippen LogP contribution in [0.25, 0.3) is 0 Å². The Kier molecular flexibility index (Phi) is 13.4. The fourth-order valence-corrected chi connectivity index (χ4v) is 1.65. The lowest BCUT2D eigenvalue weighted by atomic mass is 10.1. The molecule has 0 saturated heterocycles. The Morgan fingerprint density at radius 1 is 0.733 bits per heavy atom. The zero-order chi connectivity index (χ0) is 11.2. The minimum Gasteiger partial charge on any atom is -0.396 e. The average molecular weight is 212 g/mol. The summed E-state index contributed by atoms with van der Waals surface area (Å²) in [7, 11) is 0. The first kappa shape index (κ1) is 14.7. The molecule has 0 aromatic rings. The van der Waals surface area contributed by atoms with E-state index in [1.807, 2.05) is 0 Å². The van der Waals surface area contributed by atoms with Gasteiger partial charge in [0, 0.05) is 6.61 Å². The molecule has 0 aliphatic rings. The molecule has 0 aliphatic heterocycles. The van der Waals surface area contributed by atoms with Crippen molar-refractivity contribution < 1.29 is 5.11 Å². The average Bonchev–Trinajstić information content (AvgIpc) is 2.26. The van der Waals surface area contributed by atoms with Crippen molar-refractivity contribution in [3.8, 4) is 0 Å². The van der Waals surface area contributed by atoms with Crippen LogP contribution in [0.5, 0.6) is 0 Å². The number of hydrogen-bond donors (Lipinski definition) is 1. The zero-order valence-electron chi connectivity index (χ0n) is 10.4. The van der Waals surface area contributed by atoms with Gasteiger partial charge in [0.1, 0.15) is 0 Å². The quantitative estimate of drug-likeness (QED) is 0.396. The molecule has 0 aromatic heterocycles. The van der Waals surface area contributed by atoms with E-state index in [2.05, 4.69) is 19.1 Å². The van der Waals surface area contributed by atoms with Crippen LogP contribution >= 0.6 is 0 Å². The third-order valence-electron chi connectivity index (χ3n) is 2.67. The van der Waals surface area contributed by atoms with Gasteiger partial charge in [-0.15, -0.1) is 0 Å². The van der Waals surface area contributed by atoms with Gasteiger partial charge < -0.3 is 5.11 Å². The molecule has 0 fully saturated rings. The molecule has 0 aromatic carbocycles. The number of hydrogen-bond acceptors (Lipinski definition) is 1. The lowest BCUT2D eigenvalue weighted by Crippen LogP contribution is -1.80. The Balaban J connectivity index is 2.96. The van der Waals surface area contributed by atoms with E-state index < -0.39 is 0 Å². The van der Waals surface area contributed by atoms with Crippen molar-refractivity contribution in [2.75, 3.05) is 6.61 Å². The molecular formula is C14H28O. The second kappa shape index (κ2) is 13.7. The minimum absolute atomic E-state index is 0.339. The summed E-state index contributed by atoms with van der Waals surface area (Å²) in [5.41, 5.74) is 0. The Morgan fingerprint density at radius 3 is 1.87 bits per heavy atom. The van der Waals surface area contributed by atoms with Gasteiger partial charge in [0.2, 0.25) is 0 Å². The van der Waals surface area contributed by atoms with Gasteiger partial charge in [-0.25, -0.2) is 0 Å². The van der Waals surface area contributed by atoms with Gasteiger partial charge in [0.25, 0.3) is 0 Å². The van der Waals surface area contributed by atoms with Crippen LogP contribution in [0.2, 0.25) is 0 Å². The molecule has 1 N–H and O–H groups in total. The maximum absolute atomic E-state index is 8.59. The smallest absolute Gasteiger partial charge is 0.0431 e. The Morgan fingerprint density at radius 2 is 1.27 bits per heavy atom. The summed E-state index contributed by atoms with van der Waals surface area (Å²) in [5, 5.41) is 8.59. The summed E-state index contributed by atoms with van der Waals surface area (Å²) in [6.07, 6.45) is 17.3. The summed E-state index contributed by atoms with van der Waals surface area (Å²) in [6.45, 7) is 2.60. The third-order valence-corrected chi connectivity index (χ3v) is 2.67. The van der Waals surface area contributed by atoms with Gasteiger partial charge >= 0.3 is 0 Å². The highest BCUT2D eigenvalue weighted by Gasteiger charge is 1.88. The molecule has 0 unspecified atom stereocenters. The summed E-state index contributed by atoms with van der Waals surface area (Å²) in [6, 6.07) is 0. The van der Waals surface area contributed by atoms with Crippen LogP contribution < -0.4 is 0 Å². The van der Waals surface area contributed by atoms with Crippen molar-refractivity contribution in [3.05, 3.63) is 12.2 Å². The molecule has 0 rings (SSSR count). The maximum Gasteiger partial charge on any atom is 0.0431 e. The van der Waals surface area contributed by atoms with E-state index in [1.54, 1.807) is 0 Å². The lowest BCUT2D eigenvalue weighted by molar-refractivity contribution is 0.285. The lowest BCUT2D eigenvalue weighted by Gasteiger charge is -1.97. The van der Waals surface area contributed by atoms with Crippen LogP contribution in [0, 0.1) is 0 Å². The highest BCUT2D eigenvalue weighted by atomic mass is 16.2. The predicted molar refractivity (Wildman–Crippen MR) is 68.1 cm³/mol. The predicted octanol–water partition coefficient (Wildman–Crippen LogP) is 4.46. The second-order valence-electron chi connectivity index (χ2n) is 4.25. The molecule has 0 spiro atoms. The molecule has 0 amide bonds. The van der Waals surface area contributed by atoms with Crippen molar-refractivity contribution in [1.82, 2.24) is 0 Å². The molecule has 0 heterocycles. The number of allylic oxidation sites excluding steroid dienone is 2. The van der Waals surface area contributed by atoms with Gasteiger partial charge in [0.15, 0.2) is 0 Å². The molecular weight excluding hydrogens is 184 g/mol. The van der Waals surface area contributed by atoms with E-state index in [4.69, 9.17) is 5.11 Å². The molecule has 1 nitrogen and oxygen atoms in total. The summed E-state index contributed by atoms with van der Waals surface area (Å²) >= 11 is 0. The Labute approximate surface area is 95.6 Å². The zero-order valence-corrected chi connectivity index (χ0v) is 10.4. The topological polar surface area (TPSA) is 20.2 Å². The van der Waals surface area contributed by atoms with Crippen molar-refractivity contribution in [2.45, 2.75) is 71.1 Å². The highest BCUT2D eigenvalue weighted by Crippen LogP contribution is 2.07.